The first-order chi connectivity index (χ1) is 9.72. The maximum Gasteiger partial charge on any atom is 0.131 e. The molecule has 3 aromatic rings. The molecular weight excluding hydrogens is 292 g/mol. The minimum atomic E-state index is -0.0638. The molecular formula is C15H13ClN2OS. The first-order valence-corrected chi connectivity index (χ1v) is 7.38. The number of furan rings is 1. The highest BCUT2D eigenvalue weighted by Gasteiger charge is 2.19. The highest BCUT2D eigenvalue weighted by atomic mass is 35.5. The summed E-state index contributed by atoms with van der Waals surface area (Å²) >= 11 is 7.58. The first kappa shape index (κ1) is 13.2. The van der Waals surface area contributed by atoms with Gasteiger partial charge in [-0.15, -0.1) is 11.3 Å². The van der Waals surface area contributed by atoms with Crippen LogP contribution in [0.25, 0.3) is 0 Å². The van der Waals surface area contributed by atoms with Gasteiger partial charge in [-0.25, -0.2) is 0 Å². The van der Waals surface area contributed by atoms with Gasteiger partial charge >= 0.3 is 0 Å². The number of hydrogen-bond donors (Lipinski definition) is 1. The Hall–Kier alpha value is -1.78. The Kier molecular flexibility index (Phi) is 3.76. The van der Waals surface area contributed by atoms with E-state index in [9.17, 15) is 0 Å². The predicted molar refractivity (Wildman–Crippen MR) is 82.5 cm³/mol. The van der Waals surface area contributed by atoms with Gasteiger partial charge in [0.15, 0.2) is 0 Å². The molecule has 0 saturated heterocycles. The highest BCUT2D eigenvalue weighted by Crippen LogP contribution is 2.33. The monoisotopic (exact) mass is 304 g/mol. The molecule has 0 aromatic carbocycles. The van der Waals surface area contributed by atoms with E-state index in [1.807, 2.05) is 37.4 Å². The average molecular weight is 305 g/mol. The Bertz CT molecular complexity index is 693. The molecule has 0 saturated carbocycles. The van der Waals surface area contributed by atoms with Crippen molar-refractivity contribution in [1.82, 2.24) is 4.98 Å². The molecule has 0 aliphatic heterocycles. The molecule has 1 N–H and O–H groups in total. The van der Waals surface area contributed by atoms with Crippen molar-refractivity contribution in [2.45, 2.75) is 13.0 Å². The lowest BCUT2D eigenvalue weighted by molar-refractivity contribution is 0.500. The molecule has 3 nitrogen and oxygen atoms in total. The van der Waals surface area contributed by atoms with Crippen molar-refractivity contribution in [3.05, 3.63) is 69.5 Å². The van der Waals surface area contributed by atoms with E-state index in [0.717, 1.165) is 26.2 Å². The number of hydrogen-bond acceptors (Lipinski definition) is 4. The number of rotatable bonds is 4. The highest BCUT2D eigenvalue weighted by molar-refractivity contribution is 7.16. The smallest absolute Gasteiger partial charge is 0.131 e. The van der Waals surface area contributed by atoms with Crippen LogP contribution < -0.4 is 5.32 Å². The minimum Gasteiger partial charge on any atom is -0.467 e. The zero-order valence-corrected chi connectivity index (χ0v) is 12.4. The van der Waals surface area contributed by atoms with Crippen LogP contribution >= 0.6 is 22.9 Å². The van der Waals surface area contributed by atoms with Crippen LogP contribution in [0, 0.1) is 6.92 Å². The summed E-state index contributed by atoms with van der Waals surface area (Å²) in [7, 11) is 0. The van der Waals surface area contributed by atoms with E-state index in [4.69, 9.17) is 16.0 Å². The maximum absolute atomic E-state index is 6.04. The third-order valence-corrected chi connectivity index (χ3v) is 4.19. The molecule has 20 heavy (non-hydrogen) atoms. The lowest BCUT2D eigenvalue weighted by Gasteiger charge is -2.16. The normalized spacial score (nSPS) is 12.3. The summed E-state index contributed by atoms with van der Waals surface area (Å²) in [5, 5.41) is 3.45. The molecule has 0 amide bonds. The summed E-state index contributed by atoms with van der Waals surface area (Å²) < 4.78 is 6.31. The lowest BCUT2D eigenvalue weighted by atomic mass is 10.1. The van der Waals surface area contributed by atoms with Gasteiger partial charge in [0.1, 0.15) is 11.8 Å². The van der Waals surface area contributed by atoms with Crippen molar-refractivity contribution in [2.24, 2.45) is 0 Å². The molecule has 102 valence electrons. The summed E-state index contributed by atoms with van der Waals surface area (Å²) in [5.74, 6) is 0.852. The van der Waals surface area contributed by atoms with Crippen LogP contribution in [0.1, 0.15) is 22.2 Å². The molecule has 0 fully saturated rings. The van der Waals surface area contributed by atoms with Gasteiger partial charge in [-0.3, -0.25) is 4.98 Å². The van der Waals surface area contributed by atoms with E-state index in [2.05, 4.69) is 16.4 Å². The fourth-order valence-corrected chi connectivity index (χ4v) is 3.14. The maximum atomic E-state index is 6.04. The number of anilines is 1. The first-order valence-electron chi connectivity index (χ1n) is 6.19. The van der Waals surface area contributed by atoms with Crippen LogP contribution in [-0.2, 0) is 0 Å². The summed E-state index contributed by atoms with van der Waals surface area (Å²) in [4.78, 5) is 5.30. The number of aromatic nitrogens is 1. The van der Waals surface area contributed by atoms with Crippen LogP contribution in [0.3, 0.4) is 0 Å². The van der Waals surface area contributed by atoms with Crippen molar-refractivity contribution in [3.63, 3.8) is 0 Å². The number of pyridine rings is 1. The second-order valence-electron chi connectivity index (χ2n) is 4.49. The van der Waals surface area contributed by atoms with Gasteiger partial charge in [0, 0.05) is 17.3 Å². The van der Waals surface area contributed by atoms with Crippen LogP contribution in [0.5, 0.6) is 0 Å². The molecule has 0 radical (unpaired) electrons. The zero-order valence-electron chi connectivity index (χ0n) is 10.8. The van der Waals surface area contributed by atoms with Gasteiger partial charge < -0.3 is 9.73 Å². The third kappa shape index (κ3) is 2.86. The van der Waals surface area contributed by atoms with E-state index < -0.39 is 0 Å². The fraction of sp³-hybridized carbons (Fsp3) is 0.133. The molecule has 0 aliphatic carbocycles. The number of aryl methyl sites for hydroxylation is 1. The lowest BCUT2D eigenvalue weighted by Crippen LogP contribution is -2.10. The standard InChI is InChI=1S/C15H13ClN2OS/c1-10-7-11(9-17-8-10)18-15(12-3-2-6-19-12)13-4-5-14(16)20-13/h2-9,15,18H,1H3. The second-order valence-corrected chi connectivity index (χ2v) is 6.23. The Labute approximate surface area is 126 Å². The third-order valence-electron chi connectivity index (χ3n) is 2.89. The largest absolute Gasteiger partial charge is 0.467 e. The van der Waals surface area contributed by atoms with Gasteiger partial charge in [0.05, 0.1) is 16.3 Å². The van der Waals surface area contributed by atoms with E-state index in [1.54, 1.807) is 23.8 Å². The Morgan fingerprint density at radius 2 is 2.20 bits per heavy atom. The van der Waals surface area contributed by atoms with E-state index in [-0.39, 0.29) is 6.04 Å². The van der Waals surface area contributed by atoms with Gasteiger partial charge in [-0.2, -0.15) is 0 Å². The molecule has 3 heterocycles. The zero-order chi connectivity index (χ0) is 13.9. The fourth-order valence-electron chi connectivity index (χ4n) is 2.02. The number of halogens is 1. The van der Waals surface area contributed by atoms with Crippen LogP contribution in [0.2, 0.25) is 4.34 Å². The number of nitrogens with zero attached hydrogens (tertiary/aromatic N) is 1. The van der Waals surface area contributed by atoms with Gasteiger partial charge in [0.2, 0.25) is 0 Å². The SMILES string of the molecule is Cc1cncc(NC(c2ccco2)c2ccc(Cl)s2)c1. The quantitative estimate of drug-likeness (QED) is 0.745. The van der Waals surface area contributed by atoms with E-state index >= 15 is 0 Å². The second kappa shape index (κ2) is 5.69. The van der Waals surface area contributed by atoms with E-state index in [0.29, 0.717) is 0 Å². The van der Waals surface area contributed by atoms with Crippen molar-refractivity contribution >= 4 is 28.6 Å². The Balaban J connectivity index is 1.94. The molecule has 0 aliphatic rings. The summed E-state index contributed by atoms with van der Waals surface area (Å²) in [5.41, 5.74) is 2.06. The topological polar surface area (TPSA) is 38.1 Å². The molecule has 1 unspecified atom stereocenters. The number of nitrogens with one attached hydrogen (secondary N) is 1. The van der Waals surface area contributed by atoms with Gasteiger partial charge in [-0.05, 0) is 42.8 Å². The summed E-state index contributed by atoms with van der Waals surface area (Å²) in [6.45, 7) is 2.02. The molecule has 5 heteroatoms. The van der Waals surface area contributed by atoms with Crippen molar-refractivity contribution in [1.29, 1.82) is 0 Å². The summed E-state index contributed by atoms with van der Waals surface area (Å²) in [6.07, 6.45) is 5.31. The summed E-state index contributed by atoms with van der Waals surface area (Å²) in [6, 6.07) is 9.73. The van der Waals surface area contributed by atoms with Crippen LogP contribution in [-0.4, -0.2) is 4.98 Å². The molecule has 3 aromatic heterocycles. The molecule has 1 atom stereocenters. The van der Waals surface area contributed by atoms with E-state index in [1.165, 1.54) is 0 Å². The Morgan fingerprint density at radius 1 is 1.30 bits per heavy atom. The average Bonchev–Trinajstić information content (AvgIpc) is 3.07. The molecule has 0 spiro atoms. The minimum absolute atomic E-state index is 0.0638. The predicted octanol–water partition coefficient (Wildman–Crippen LogP) is 4.90. The van der Waals surface area contributed by atoms with Crippen LogP contribution in [0.15, 0.2) is 53.4 Å². The van der Waals surface area contributed by atoms with Gasteiger partial charge in [-0.1, -0.05) is 11.6 Å². The number of thiophene rings is 1. The molecule has 0 bridgehead atoms. The van der Waals surface area contributed by atoms with Gasteiger partial charge in [0.25, 0.3) is 0 Å². The Morgan fingerprint density at radius 3 is 2.85 bits per heavy atom. The van der Waals surface area contributed by atoms with Crippen molar-refractivity contribution in [3.8, 4) is 0 Å². The van der Waals surface area contributed by atoms with Crippen molar-refractivity contribution < 1.29 is 4.42 Å². The molecule has 3 rings (SSSR count). The van der Waals surface area contributed by atoms with Crippen molar-refractivity contribution in [2.75, 3.05) is 5.32 Å². The van der Waals surface area contributed by atoms with Crippen LogP contribution in [0.4, 0.5) is 5.69 Å².